The molecule has 2 aliphatic rings. The summed E-state index contributed by atoms with van der Waals surface area (Å²) in [4.78, 5) is 20.7. The SMILES string of the molecule is Cc1cc(C(=O)N2CC3(C2)OCC[C@H]3COc2cccnc2)sc1C. The molecule has 5 nitrogen and oxygen atoms in total. The minimum Gasteiger partial charge on any atom is -0.492 e. The first kappa shape index (κ1) is 16.5. The average molecular weight is 358 g/mol. The standard InChI is InChI=1S/C19H22N2O3S/c1-13-8-17(25-14(13)2)18(22)21-11-19(12-21)15(5-7-24-19)10-23-16-4-3-6-20-9-16/h3-4,6,8-9,15H,5,7,10-12H2,1-2H3/t15-/m0/s1. The van der Waals surface area contributed by atoms with Gasteiger partial charge in [0.2, 0.25) is 0 Å². The van der Waals surface area contributed by atoms with E-state index in [1.165, 1.54) is 10.4 Å². The molecular weight excluding hydrogens is 336 g/mol. The van der Waals surface area contributed by atoms with Gasteiger partial charge in [-0.1, -0.05) is 0 Å². The van der Waals surface area contributed by atoms with Crippen LogP contribution in [-0.2, 0) is 4.74 Å². The van der Waals surface area contributed by atoms with E-state index in [1.54, 1.807) is 23.7 Å². The molecule has 1 amide bonds. The molecule has 0 bridgehead atoms. The molecule has 1 spiro atoms. The van der Waals surface area contributed by atoms with E-state index in [2.05, 4.69) is 11.9 Å². The van der Waals surface area contributed by atoms with E-state index in [0.717, 1.165) is 23.7 Å². The van der Waals surface area contributed by atoms with Crippen LogP contribution in [0.1, 0.15) is 26.5 Å². The van der Waals surface area contributed by atoms with Crippen LogP contribution in [-0.4, -0.2) is 47.7 Å². The number of pyridine rings is 1. The number of aromatic nitrogens is 1. The van der Waals surface area contributed by atoms with Gasteiger partial charge in [0.1, 0.15) is 11.4 Å². The Morgan fingerprint density at radius 1 is 1.48 bits per heavy atom. The molecular formula is C19H22N2O3S. The van der Waals surface area contributed by atoms with Gasteiger partial charge in [0.25, 0.3) is 5.91 Å². The van der Waals surface area contributed by atoms with Gasteiger partial charge in [0.15, 0.2) is 0 Å². The van der Waals surface area contributed by atoms with Gasteiger partial charge in [-0.3, -0.25) is 9.78 Å². The van der Waals surface area contributed by atoms with Crippen molar-refractivity contribution >= 4 is 17.2 Å². The molecule has 2 aromatic rings. The third-order valence-corrected chi connectivity index (χ3v) is 6.41. The zero-order valence-corrected chi connectivity index (χ0v) is 15.3. The van der Waals surface area contributed by atoms with Gasteiger partial charge < -0.3 is 14.4 Å². The lowest BCUT2D eigenvalue weighted by Gasteiger charge is -2.49. The van der Waals surface area contributed by atoms with Gasteiger partial charge in [-0.25, -0.2) is 0 Å². The van der Waals surface area contributed by atoms with E-state index in [0.29, 0.717) is 25.6 Å². The normalized spacial score (nSPS) is 21.4. The van der Waals surface area contributed by atoms with E-state index < -0.39 is 0 Å². The topological polar surface area (TPSA) is 51.7 Å². The molecule has 0 N–H and O–H groups in total. The van der Waals surface area contributed by atoms with Crippen LogP contribution in [0.4, 0.5) is 0 Å². The highest BCUT2D eigenvalue weighted by molar-refractivity contribution is 7.14. The average Bonchev–Trinajstić information content (AvgIpc) is 3.16. The van der Waals surface area contributed by atoms with Gasteiger partial charge in [-0.15, -0.1) is 11.3 Å². The van der Waals surface area contributed by atoms with Gasteiger partial charge >= 0.3 is 0 Å². The van der Waals surface area contributed by atoms with E-state index in [1.807, 2.05) is 30.0 Å². The molecule has 25 heavy (non-hydrogen) atoms. The second-order valence-electron chi connectivity index (χ2n) is 6.91. The molecule has 0 radical (unpaired) electrons. The predicted octanol–water partition coefficient (Wildman–Crippen LogP) is 3.07. The fourth-order valence-corrected chi connectivity index (χ4v) is 4.58. The van der Waals surface area contributed by atoms with E-state index in [9.17, 15) is 4.79 Å². The van der Waals surface area contributed by atoms with Crippen LogP contribution < -0.4 is 4.74 Å². The van der Waals surface area contributed by atoms with Gasteiger partial charge in [0.05, 0.1) is 30.8 Å². The number of likely N-dealkylation sites (tertiary alicyclic amines) is 1. The second-order valence-corrected chi connectivity index (χ2v) is 8.17. The maximum absolute atomic E-state index is 12.7. The highest BCUT2D eigenvalue weighted by Gasteiger charge is 2.54. The number of thiophene rings is 1. The molecule has 2 aliphatic heterocycles. The van der Waals surface area contributed by atoms with Crippen LogP contribution in [0.25, 0.3) is 0 Å². The molecule has 132 valence electrons. The van der Waals surface area contributed by atoms with Crippen molar-refractivity contribution in [1.82, 2.24) is 9.88 Å². The molecule has 0 saturated carbocycles. The number of rotatable bonds is 4. The first-order chi connectivity index (χ1) is 12.1. The van der Waals surface area contributed by atoms with Crippen molar-refractivity contribution in [1.29, 1.82) is 0 Å². The summed E-state index contributed by atoms with van der Waals surface area (Å²) in [5.41, 5.74) is 0.947. The molecule has 2 aromatic heterocycles. The lowest BCUT2D eigenvalue weighted by Crippen LogP contribution is -2.66. The second kappa shape index (κ2) is 6.42. The summed E-state index contributed by atoms with van der Waals surface area (Å²) in [6, 6.07) is 5.77. The molecule has 1 atom stereocenters. The highest BCUT2D eigenvalue weighted by atomic mass is 32.1. The molecule has 6 heteroatoms. The third-order valence-electron chi connectivity index (χ3n) is 5.27. The number of ether oxygens (including phenoxy) is 2. The Morgan fingerprint density at radius 3 is 3.00 bits per heavy atom. The smallest absolute Gasteiger partial charge is 0.264 e. The maximum Gasteiger partial charge on any atom is 0.264 e. The predicted molar refractivity (Wildman–Crippen MR) is 96.2 cm³/mol. The number of aryl methyl sites for hydroxylation is 2. The molecule has 0 aromatic carbocycles. The van der Waals surface area contributed by atoms with Crippen LogP contribution in [0.5, 0.6) is 5.75 Å². The first-order valence-corrected chi connectivity index (χ1v) is 9.42. The van der Waals surface area contributed by atoms with Crippen molar-refractivity contribution in [3.8, 4) is 5.75 Å². The van der Waals surface area contributed by atoms with Crippen molar-refractivity contribution in [3.63, 3.8) is 0 Å². The molecule has 2 saturated heterocycles. The van der Waals surface area contributed by atoms with Crippen LogP contribution >= 0.6 is 11.3 Å². The van der Waals surface area contributed by atoms with Crippen molar-refractivity contribution in [3.05, 3.63) is 45.9 Å². The lowest BCUT2D eigenvalue weighted by atomic mass is 9.81. The van der Waals surface area contributed by atoms with Gasteiger partial charge in [-0.2, -0.15) is 0 Å². The lowest BCUT2D eigenvalue weighted by molar-refractivity contribution is -0.122. The summed E-state index contributed by atoms with van der Waals surface area (Å²) < 4.78 is 11.9. The van der Waals surface area contributed by atoms with Crippen LogP contribution in [0.2, 0.25) is 0 Å². The zero-order valence-electron chi connectivity index (χ0n) is 14.5. The summed E-state index contributed by atoms with van der Waals surface area (Å²) in [6.07, 6.45) is 4.43. The monoisotopic (exact) mass is 358 g/mol. The Labute approximate surface area is 151 Å². The number of carbonyl (C=O) groups excluding carboxylic acids is 1. The minimum absolute atomic E-state index is 0.120. The third kappa shape index (κ3) is 3.04. The number of amides is 1. The summed E-state index contributed by atoms with van der Waals surface area (Å²) >= 11 is 1.58. The van der Waals surface area contributed by atoms with Crippen LogP contribution in [0.3, 0.4) is 0 Å². The van der Waals surface area contributed by atoms with Crippen molar-refractivity contribution < 1.29 is 14.3 Å². The number of hydrogen-bond acceptors (Lipinski definition) is 5. The number of carbonyl (C=O) groups is 1. The Kier molecular flexibility index (Phi) is 4.25. The zero-order chi connectivity index (χ0) is 17.4. The van der Waals surface area contributed by atoms with E-state index in [-0.39, 0.29) is 11.5 Å². The van der Waals surface area contributed by atoms with Crippen LogP contribution in [0.15, 0.2) is 30.6 Å². The molecule has 0 unspecified atom stereocenters. The summed E-state index contributed by atoms with van der Waals surface area (Å²) in [7, 11) is 0. The highest BCUT2D eigenvalue weighted by Crippen LogP contribution is 2.41. The summed E-state index contributed by atoms with van der Waals surface area (Å²) in [5.74, 6) is 1.21. The van der Waals surface area contributed by atoms with E-state index in [4.69, 9.17) is 9.47 Å². The van der Waals surface area contributed by atoms with Gasteiger partial charge in [-0.05, 0) is 44.0 Å². The Balaban J connectivity index is 1.37. The molecule has 2 fully saturated rings. The Bertz CT molecular complexity index is 749. The molecule has 0 aliphatic carbocycles. The largest absolute Gasteiger partial charge is 0.492 e. The van der Waals surface area contributed by atoms with E-state index >= 15 is 0 Å². The molecule has 4 heterocycles. The first-order valence-electron chi connectivity index (χ1n) is 8.60. The van der Waals surface area contributed by atoms with Crippen molar-refractivity contribution in [2.75, 3.05) is 26.3 Å². The Hall–Kier alpha value is -1.92. The molecule has 4 rings (SSSR count). The summed E-state index contributed by atoms with van der Waals surface area (Å²) in [6.45, 7) is 6.75. The quantitative estimate of drug-likeness (QED) is 0.843. The summed E-state index contributed by atoms with van der Waals surface area (Å²) in [5, 5.41) is 0. The van der Waals surface area contributed by atoms with Crippen LogP contribution in [0, 0.1) is 19.8 Å². The minimum atomic E-state index is -0.237. The Morgan fingerprint density at radius 2 is 2.32 bits per heavy atom. The van der Waals surface area contributed by atoms with Gasteiger partial charge in [0, 0.05) is 23.6 Å². The number of nitrogens with zero attached hydrogens (tertiary/aromatic N) is 2. The van der Waals surface area contributed by atoms with Crippen molar-refractivity contribution in [2.24, 2.45) is 5.92 Å². The maximum atomic E-state index is 12.7. The fraction of sp³-hybridized carbons (Fsp3) is 0.474. The number of hydrogen-bond donors (Lipinski definition) is 0. The fourth-order valence-electron chi connectivity index (χ4n) is 3.58. The van der Waals surface area contributed by atoms with Crippen molar-refractivity contribution in [2.45, 2.75) is 25.9 Å².